The smallest absolute Gasteiger partial charge is 0.238 e. The number of hydrogen-bond donors (Lipinski definition) is 2. The summed E-state index contributed by atoms with van der Waals surface area (Å²) < 4.78 is 24.5. The predicted octanol–water partition coefficient (Wildman–Crippen LogP) is 2.61. The second kappa shape index (κ2) is 8.39. The van der Waals surface area contributed by atoms with Crippen molar-refractivity contribution < 1.29 is 13.2 Å². The fourth-order valence-electron chi connectivity index (χ4n) is 3.12. The van der Waals surface area contributed by atoms with Crippen LogP contribution in [0.3, 0.4) is 0 Å². The van der Waals surface area contributed by atoms with E-state index >= 15 is 0 Å². The summed E-state index contributed by atoms with van der Waals surface area (Å²) in [7, 11) is -3.69. The molecule has 0 atom stereocenters. The summed E-state index contributed by atoms with van der Waals surface area (Å²) >= 11 is 1.51. The average Bonchev–Trinajstić information content (AvgIpc) is 3.30. The van der Waals surface area contributed by atoms with Crippen LogP contribution in [0.1, 0.15) is 11.3 Å². The number of nitrogens with one attached hydrogen (secondary N) is 1. The Balaban J connectivity index is 1.35. The first-order chi connectivity index (χ1) is 14.4. The molecule has 0 saturated heterocycles. The highest BCUT2D eigenvalue weighted by Crippen LogP contribution is 2.23. The molecule has 2 aromatic heterocycles. The number of imidazole rings is 1. The number of hydrogen-bond acceptors (Lipinski definition) is 5. The number of rotatable bonds is 7. The summed E-state index contributed by atoms with van der Waals surface area (Å²) in [5, 5.41) is 9.95. The van der Waals surface area contributed by atoms with Crippen molar-refractivity contribution in [2.24, 2.45) is 5.14 Å². The average molecular weight is 441 g/mol. The first-order valence-electron chi connectivity index (χ1n) is 9.29. The van der Waals surface area contributed by atoms with E-state index in [9.17, 15) is 13.2 Å². The Morgan fingerprint density at radius 1 is 1.10 bits per heavy atom. The maximum absolute atomic E-state index is 12.4. The van der Waals surface area contributed by atoms with Gasteiger partial charge in [0.1, 0.15) is 0 Å². The Bertz CT molecular complexity index is 1280. The molecular formula is C21H20N4O3S2. The molecule has 4 aromatic rings. The van der Waals surface area contributed by atoms with Gasteiger partial charge in [-0.15, -0.1) is 11.3 Å². The molecule has 30 heavy (non-hydrogen) atoms. The summed E-state index contributed by atoms with van der Waals surface area (Å²) in [5.41, 5.74) is 3.73. The quantitative estimate of drug-likeness (QED) is 0.461. The van der Waals surface area contributed by atoms with E-state index in [0.717, 1.165) is 27.5 Å². The number of thiazole rings is 1. The number of aromatic nitrogens is 2. The Morgan fingerprint density at radius 2 is 1.83 bits per heavy atom. The van der Waals surface area contributed by atoms with Gasteiger partial charge in [0.15, 0.2) is 4.96 Å². The van der Waals surface area contributed by atoms with Gasteiger partial charge in [-0.3, -0.25) is 9.20 Å². The highest BCUT2D eigenvalue weighted by molar-refractivity contribution is 7.89. The minimum absolute atomic E-state index is 0.0759. The zero-order valence-corrected chi connectivity index (χ0v) is 17.6. The lowest BCUT2D eigenvalue weighted by Crippen LogP contribution is -2.27. The number of amides is 1. The minimum atomic E-state index is -3.69. The van der Waals surface area contributed by atoms with Gasteiger partial charge in [0, 0.05) is 29.4 Å². The SMILES string of the molecule is NS(=O)(=O)c1ccc(CCNC(=O)Cc2csc3nc(-c4ccccc4)cn23)cc1. The molecular weight excluding hydrogens is 420 g/mol. The summed E-state index contributed by atoms with van der Waals surface area (Å²) in [6, 6.07) is 16.3. The van der Waals surface area contributed by atoms with Crippen LogP contribution in [0.25, 0.3) is 16.2 Å². The number of sulfonamides is 1. The third-order valence-corrected chi connectivity index (χ3v) is 6.50. The molecule has 0 radical (unpaired) electrons. The van der Waals surface area contributed by atoms with E-state index in [4.69, 9.17) is 5.14 Å². The number of nitrogens with zero attached hydrogens (tertiary/aromatic N) is 2. The maximum Gasteiger partial charge on any atom is 0.238 e. The Morgan fingerprint density at radius 3 is 2.53 bits per heavy atom. The summed E-state index contributed by atoms with van der Waals surface area (Å²) in [6.45, 7) is 0.458. The highest BCUT2D eigenvalue weighted by atomic mass is 32.2. The molecule has 3 N–H and O–H groups in total. The molecule has 0 saturated carbocycles. The molecule has 0 spiro atoms. The molecule has 2 aromatic carbocycles. The van der Waals surface area contributed by atoms with E-state index < -0.39 is 10.0 Å². The number of carbonyl (C=O) groups is 1. The monoisotopic (exact) mass is 440 g/mol. The van der Waals surface area contributed by atoms with Crippen molar-refractivity contribution in [1.29, 1.82) is 0 Å². The van der Waals surface area contributed by atoms with E-state index in [1.807, 2.05) is 46.3 Å². The third-order valence-electron chi connectivity index (χ3n) is 4.68. The van der Waals surface area contributed by atoms with Crippen LogP contribution in [0.2, 0.25) is 0 Å². The van der Waals surface area contributed by atoms with Gasteiger partial charge in [-0.25, -0.2) is 18.5 Å². The zero-order chi connectivity index (χ0) is 21.1. The van der Waals surface area contributed by atoms with Gasteiger partial charge in [0.2, 0.25) is 15.9 Å². The van der Waals surface area contributed by atoms with Gasteiger partial charge in [-0.2, -0.15) is 0 Å². The molecule has 0 bridgehead atoms. The van der Waals surface area contributed by atoms with Crippen LogP contribution < -0.4 is 10.5 Å². The lowest BCUT2D eigenvalue weighted by molar-refractivity contribution is -0.120. The Labute approximate surface area is 178 Å². The van der Waals surface area contributed by atoms with Crippen LogP contribution in [-0.4, -0.2) is 30.3 Å². The van der Waals surface area contributed by atoms with Crippen molar-refractivity contribution in [2.45, 2.75) is 17.7 Å². The summed E-state index contributed by atoms with van der Waals surface area (Å²) in [5.74, 6) is -0.0779. The van der Waals surface area contributed by atoms with Crippen LogP contribution in [0.4, 0.5) is 0 Å². The zero-order valence-electron chi connectivity index (χ0n) is 16.0. The van der Waals surface area contributed by atoms with Crippen LogP contribution in [-0.2, 0) is 27.7 Å². The molecule has 0 aliphatic rings. The topological polar surface area (TPSA) is 107 Å². The maximum atomic E-state index is 12.4. The van der Waals surface area contributed by atoms with E-state index in [1.165, 1.54) is 23.5 Å². The molecule has 9 heteroatoms. The molecule has 0 aliphatic carbocycles. The lowest BCUT2D eigenvalue weighted by atomic mass is 10.1. The normalized spacial score (nSPS) is 11.6. The first-order valence-corrected chi connectivity index (χ1v) is 11.7. The Kier molecular flexibility index (Phi) is 5.67. The molecule has 7 nitrogen and oxygen atoms in total. The largest absolute Gasteiger partial charge is 0.355 e. The molecule has 1 amide bonds. The van der Waals surface area contributed by atoms with Crippen molar-refractivity contribution >= 4 is 32.2 Å². The van der Waals surface area contributed by atoms with Gasteiger partial charge in [0.25, 0.3) is 0 Å². The Hall–Kier alpha value is -3.01. The van der Waals surface area contributed by atoms with Crippen molar-refractivity contribution in [3.8, 4) is 11.3 Å². The van der Waals surface area contributed by atoms with Gasteiger partial charge < -0.3 is 5.32 Å². The van der Waals surface area contributed by atoms with Gasteiger partial charge in [-0.05, 0) is 24.1 Å². The molecule has 154 valence electrons. The number of primary sulfonamides is 1. The molecule has 4 rings (SSSR count). The fourth-order valence-corrected chi connectivity index (χ4v) is 4.51. The van der Waals surface area contributed by atoms with Crippen LogP contribution in [0.15, 0.2) is 71.1 Å². The van der Waals surface area contributed by atoms with E-state index in [2.05, 4.69) is 10.3 Å². The van der Waals surface area contributed by atoms with E-state index in [1.54, 1.807) is 12.1 Å². The van der Waals surface area contributed by atoms with Crippen molar-refractivity contribution in [2.75, 3.05) is 6.54 Å². The van der Waals surface area contributed by atoms with Crippen LogP contribution >= 0.6 is 11.3 Å². The van der Waals surface area contributed by atoms with Crippen molar-refractivity contribution in [3.63, 3.8) is 0 Å². The predicted molar refractivity (Wildman–Crippen MR) is 117 cm³/mol. The molecule has 0 unspecified atom stereocenters. The first kappa shape index (κ1) is 20.3. The molecule has 2 heterocycles. The number of carbonyl (C=O) groups excluding carboxylic acids is 1. The van der Waals surface area contributed by atoms with E-state index in [-0.39, 0.29) is 17.2 Å². The minimum Gasteiger partial charge on any atom is -0.355 e. The molecule has 0 fully saturated rings. The summed E-state index contributed by atoms with van der Waals surface area (Å²) in [4.78, 5) is 17.9. The number of benzene rings is 2. The second-order valence-corrected chi connectivity index (χ2v) is 9.24. The summed E-state index contributed by atoms with van der Waals surface area (Å²) in [6.07, 6.45) is 2.81. The highest BCUT2D eigenvalue weighted by Gasteiger charge is 2.12. The van der Waals surface area contributed by atoms with E-state index in [0.29, 0.717) is 13.0 Å². The van der Waals surface area contributed by atoms with Gasteiger partial charge >= 0.3 is 0 Å². The van der Waals surface area contributed by atoms with Gasteiger partial charge in [0.05, 0.1) is 17.0 Å². The number of fused-ring (bicyclic) bond motifs is 1. The number of nitrogens with two attached hydrogens (primary N) is 1. The second-order valence-electron chi connectivity index (χ2n) is 6.84. The van der Waals surface area contributed by atoms with Crippen molar-refractivity contribution in [1.82, 2.24) is 14.7 Å². The lowest BCUT2D eigenvalue weighted by Gasteiger charge is -2.06. The van der Waals surface area contributed by atoms with Crippen LogP contribution in [0.5, 0.6) is 0 Å². The standard InChI is InChI=1S/C21H20N4O3S2/c22-30(27,28)18-8-6-15(7-9-18)10-11-23-20(26)12-17-14-29-21-24-19(13-25(17)21)16-4-2-1-3-5-16/h1-9,13-14H,10-12H2,(H,23,26)(H2,22,27,28). The van der Waals surface area contributed by atoms with Crippen LogP contribution in [0, 0.1) is 0 Å². The molecule has 0 aliphatic heterocycles. The third kappa shape index (κ3) is 4.59. The van der Waals surface area contributed by atoms with Crippen molar-refractivity contribution in [3.05, 3.63) is 77.4 Å². The van der Waals surface area contributed by atoms with Gasteiger partial charge in [-0.1, -0.05) is 42.5 Å². The fraction of sp³-hybridized carbons (Fsp3) is 0.143.